The second-order valence-electron chi connectivity index (χ2n) is 4.00. The molecular weight excluding hydrogens is 222 g/mol. The third kappa shape index (κ3) is 2.75. The van der Waals surface area contributed by atoms with Gasteiger partial charge in [0.15, 0.2) is 5.78 Å². The van der Waals surface area contributed by atoms with E-state index in [1.165, 1.54) is 0 Å². The normalized spacial score (nSPS) is 11.5. The van der Waals surface area contributed by atoms with Crippen LogP contribution in [-0.2, 0) is 0 Å². The third-order valence-electron chi connectivity index (χ3n) is 2.07. The molecule has 0 saturated carbocycles. The van der Waals surface area contributed by atoms with Gasteiger partial charge in [-0.3, -0.25) is 4.79 Å². The lowest BCUT2D eigenvalue weighted by Crippen LogP contribution is -2.26. The van der Waals surface area contributed by atoms with Crippen molar-refractivity contribution in [2.24, 2.45) is 5.41 Å². The Bertz CT molecular complexity index is 368. The van der Waals surface area contributed by atoms with Crippen LogP contribution in [0.1, 0.15) is 24.2 Å². The van der Waals surface area contributed by atoms with Crippen LogP contribution in [0.5, 0.6) is 0 Å². The number of ketones is 1. The average molecular weight is 233 g/mol. The van der Waals surface area contributed by atoms with Gasteiger partial charge in [-0.1, -0.05) is 13.8 Å². The molecule has 0 aliphatic carbocycles. The summed E-state index contributed by atoms with van der Waals surface area (Å²) >= 11 is 5.61. The van der Waals surface area contributed by atoms with Crippen molar-refractivity contribution >= 4 is 17.4 Å². The zero-order chi connectivity index (χ0) is 11.6. The van der Waals surface area contributed by atoms with Crippen molar-refractivity contribution in [2.75, 3.05) is 5.88 Å². The Kier molecular flexibility index (Phi) is 3.45. The molecule has 1 aromatic rings. The first-order valence-electron chi connectivity index (χ1n) is 4.43. The maximum atomic E-state index is 12.9. The van der Waals surface area contributed by atoms with Gasteiger partial charge in [-0.05, 0) is 12.1 Å². The van der Waals surface area contributed by atoms with E-state index in [4.69, 9.17) is 11.6 Å². The smallest absolute Gasteiger partial charge is 0.169 e. The van der Waals surface area contributed by atoms with Crippen LogP contribution in [0.25, 0.3) is 0 Å². The molecule has 0 aliphatic rings. The van der Waals surface area contributed by atoms with Gasteiger partial charge in [-0.2, -0.15) is 0 Å². The zero-order valence-corrected chi connectivity index (χ0v) is 9.24. The topological polar surface area (TPSA) is 17.1 Å². The van der Waals surface area contributed by atoms with Gasteiger partial charge in [0, 0.05) is 22.9 Å². The molecular formula is C11H11ClF2O. The van der Waals surface area contributed by atoms with Crippen LogP contribution in [0.3, 0.4) is 0 Å². The van der Waals surface area contributed by atoms with Gasteiger partial charge in [0.1, 0.15) is 11.6 Å². The van der Waals surface area contributed by atoms with Crippen molar-refractivity contribution in [3.05, 3.63) is 35.4 Å². The molecule has 0 N–H and O–H groups in total. The summed E-state index contributed by atoms with van der Waals surface area (Å²) in [4.78, 5) is 11.8. The molecule has 0 radical (unpaired) electrons. The van der Waals surface area contributed by atoms with E-state index in [1.807, 2.05) is 0 Å². The Labute approximate surface area is 92.1 Å². The van der Waals surface area contributed by atoms with Crippen molar-refractivity contribution in [1.82, 2.24) is 0 Å². The zero-order valence-electron chi connectivity index (χ0n) is 8.48. The number of rotatable bonds is 3. The number of Topliss-reactive ketones (excluding diaryl/α,β-unsaturated/α-hetero) is 1. The number of halogens is 3. The monoisotopic (exact) mass is 232 g/mol. The first-order valence-corrected chi connectivity index (χ1v) is 4.97. The number of hydrogen-bond acceptors (Lipinski definition) is 1. The van der Waals surface area contributed by atoms with Crippen molar-refractivity contribution < 1.29 is 13.6 Å². The molecule has 1 rings (SSSR count). The lowest BCUT2D eigenvalue weighted by Gasteiger charge is -2.19. The van der Waals surface area contributed by atoms with Gasteiger partial charge in [0.2, 0.25) is 0 Å². The Morgan fingerprint density at radius 1 is 1.27 bits per heavy atom. The van der Waals surface area contributed by atoms with Crippen molar-refractivity contribution in [3.8, 4) is 0 Å². The molecule has 0 atom stereocenters. The Morgan fingerprint density at radius 2 is 1.73 bits per heavy atom. The molecule has 1 nitrogen and oxygen atoms in total. The molecule has 0 aliphatic heterocycles. The molecule has 0 amide bonds. The molecule has 1 aromatic carbocycles. The number of hydrogen-bond donors (Lipinski definition) is 0. The quantitative estimate of drug-likeness (QED) is 0.577. The molecule has 0 spiro atoms. The van der Waals surface area contributed by atoms with E-state index in [0.29, 0.717) is 0 Å². The largest absolute Gasteiger partial charge is 0.294 e. The van der Waals surface area contributed by atoms with Gasteiger partial charge < -0.3 is 0 Å². The second kappa shape index (κ2) is 4.27. The molecule has 0 fully saturated rings. The van der Waals surface area contributed by atoms with Gasteiger partial charge in [-0.15, -0.1) is 11.6 Å². The van der Waals surface area contributed by atoms with E-state index >= 15 is 0 Å². The fraction of sp³-hybridized carbons (Fsp3) is 0.364. The minimum Gasteiger partial charge on any atom is -0.294 e. The highest BCUT2D eigenvalue weighted by Crippen LogP contribution is 2.24. The van der Waals surface area contributed by atoms with Crippen molar-refractivity contribution in [3.63, 3.8) is 0 Å². The van der Waals surface area contributed by atoms with E-state index in [0.717, 1.165) is 18.2 Å². The van der Waals surface area contributed by atoms with Crippen molar-refractivity contribution in [2.45, 2.75) is 13.8 Å². The highest BCUT2D eigenvalue weighted by molar-refractivity contribution is 6.20. The van der Waals surface area contributed by atoms with Gasteiger partial charge >= 0.3 is 0 Å². The summed E-state index contributed by atoms with van der Waals surface area (Å²) in [6, 6.07) is 2.75. The first-order chi connectivity index (χ1) is 6.86. The average Bonchev–Trinajstić information content (AvgIpc) is 2.15. The summed E-state index contributed by atoms with van der Waals surface area (Å²) in [5.74, 6) is -1.78. The Balaban J connectivity index is 3.12. The summed E-state index contributed by atoms with van der Waals surface area (Å²) in [6.45, 7) is 3.26. The van der Waals surface area contributed by atoms with E-state index in [2.05, 4.69) is 0 Å². The summed E-state index contributed by atoms with van der Waals surface area (Å²) < 4.78 is 25.7. The van der Waals surface area contributed by atoms with Crippen LogP contribution in [0.15, 0.2) is 18.2 Å². The number of carbonyl (C=O) groups excluding carboxylic acids is 1. The van der Waals surface area contributed by atoms with Crippen LogP contribution >= 0.6 is 11.6 Å². The lowest BCUT2D eigenvalue weighted by atomic mass is 9.86. The van der Waals surface area contributed by atoms with Crippen molar-refractivity contribution in [1.29, 1.82) is 0 Å². The summed E-state index contributed by atoms with van der Waals surface area (Å²) in [5, 5.41) is 0. The second-order valence-corrected chi connectivity index (χ2v) is 4.27. The lowest BCUT2D eigenvalue weighted by molar-refractivity contribution is 0.0861. The Morgan fingerprint density at radius 3 is 2.13 bits per heavy atom. The highest BCUT2D eigenvalue weighted by atomic mass is 35.5. The third-order valence-corrected chi connectivity index (χ3v) is 2.74. The molecule has 4 heteroatoms. The standard InChI is InChI=1S/C11H11ClF2O/c1-11(2,6-12)10(15)7-3-8(13)5-9(14)4-7/h3-5H,6H2,1-2H3. The van der Waals surface area contributed by atoms with Gasteiger partial charge in [0.25, 0.3) is 0 Å². The maximum Gasteiger partial charge on any atom is 0.169 e. The predicted octanol–water partition coefficient (Wildman–Crippen LogP) is 3.41. The van der Waals surface area contributed by atoms with E-state index in [-0.39, 0.29) is 17.2 Å². The van der Waals surface area contributed by atoms with Crippen LogP contribution < -0.4 is 0 Å². The van der Waals surface area contributed by atoms with Crippen LogP contribution in [0.2, 0.25) is 0 Å². The summed E-state index contributed by atoms with van der Waals surface area (Å²) in [5.41, 5.74) is -0.805. The minimum atomic E-state index is -0.818. The molecule has 82 valence electrons. The van der Waals surface area contributed by atoms with E-state index in [1.54, 1.807) is 13.8 Å². The van der Waals surface area contributed by atoms with Crippen LogP contribution in [0, 0.1) is 17.0 Å². The molecule has 0 bridgehead atoms. The Hall–Kier alpha value is -0.960. The minimum absolute atomic E-state index is 0.0122. The van der Waals surface area contributed by atoms with Gasteiger partial charge in [0.05, 0.1) is 0 Å². The molecule has 0 unspecified atom stereocenters. The van der Waals surface area contributed by atoms with Crippen LogP contribution in [-0.4, -0.2) is 11.7 Å². The van der Waals surface area contributed by atoms with Crippen LogP contribution in [0.4, 0.5) is 8.78 Å². The highest BCUT2D eigenvalue weighted by Gasteiger charge is 2.28. The number of carbonyl (C=O) groups is 1. The molecule has 0 saturated heterocycles. The van der Waals surface area contributed by atoms with E-state index < -0.39 is 17.0 Å². The predicted molar refractivity (Wildman–Crippen MR) is 55.2 cm³/mol. The maximum absolute atomic E-state index is 12.9. The first kappa shape index (κ1) is 12.1. The van der Waals surface area contributed by atoms with Gasteiger partial charge in [-0.25, -0.2) is 8.78 Å². The SMILES string of the molecule is CC(C)(CCl)C(=O)c1cc(F)cc(F)c1. The summed E-state index contributed by atoms with van der Waals surface area (Å²) in [6.07, 6.45) is 0. The molecule has 0 aromatic heterocycles. The number of alkyl halides is 1. The fourth-order valence-corrected chi connectivity index (χ4v) is 1.26. The fourth-order valence-electron chi connectivity index (χ4n) is 1.14. The molecule has 0 heterocycles. The van der Waals surface area contributed by atoms with E-state index in [9.17, 15) is 13.6 Å². The number of benzene rings is 1. The molecule has 15 heavy (non-hydrogen) atoms. The summed E-state index contributed by atoms with van der Waals surface area (Å²) in [7, 11) is 0.